The Morgan fingerprint density at radius 1 is 0.820 bits per heavy atom. The number of thiophene rings is 1. The molecule has 0 saturated heterocycles. The molecule has 6 aromatic rings. The summed E-state index contributed by atoms with van der Waals surface area (Å²) in [6.07, 6.45) is 2.47. The van der Waals surface area contributed by atoms with Crippen LogP contribution in [0, 0.1) is 0 Å². The number of amides is 2. The molecule has 7 rings (SSSR count). The van der Waals surface area contributed by atoms with Gasteiger partial charge in [-0.25, -0.2) is 4.79 Å². The summed E-state index contributed by atoms with van der Waals surface area (Å²) >= 11 is 2.87. The van der Waals surface area contributed by atoms with Crippen molar-refractivity contribution in [1.29, 1.82) is 0 Å². The second-order valence-electron chi connectivity index (χ2n) is 12.2. The number of nitrogens with one attached hydrogen (secondary N) is 2. The van der Waals surface area contributed by atoms with Crippen molar-refractivity contribution in [3.8, 4) is 0 Å². The number of rotatable bonds is 10. The second-order valence-corrected chi connectivity index (χ2v) is 14.5. The van der Waals surface area contributed by atoms with Gasteiger partial charge in [0.15, 0.2) is 0 Å². The third kappa shape index (κ3) is 7.37. The third-order valence-corrected chi connectivity index (χ3v) is 11.4. The summed E-state index contributed by atoms with van der Waals surface area (Å²) in [6, 6.07) is 41.1. The van der Waals surface area contributed by atoms with Crippen LogP contribution in [0.5, 0.6) is 0 Å². The van der Waals surface area contributed by atoms with Gasteiger partial charge in [0, 0.05) is 21.0 Å². The average molecular weight is 697 g/mol. The van der Waals surface area contributed by atoms with Crippen LogP contribution >= 0.6 is 23.1 Å². The van der Waals surface area contributed by atoms with Gasteiger partial charge in [-0.15, -0.1) is 23.1 Å². The number of anilines is 2. The number of fused-ring (bicyclic) bond motifs is 2. The summed E-state index contributed by atoms with van der Waals surface area (Å²) in [6.45, 7) is 2.04. The predicted molar refractivity (Wildman–Crippen MR) is 203 cm³/mol. The molecular formula is C42H36N2O4S2. The minimum absolute atomic E-state index is 0.210. The van der Waals surface area contributed by atoms with Crippen molar-refractivity contribution in [2.75, 3.05) is 17.2 Å². The van der Waals surface area contributed by atoms with Crippen molar-refractivity contribution in [2.45, 2.75) is 42.2 Å². The molecule has 5 aromatic carbocycles. The fraction of sp³-hybridized carbons (Fsp3) is 0.167. The molecule has 0 saturated carbocycles. The maximum Gasteiger partial charge on any atom is 0.341 e. The molecule has 2 unspecified atom stereocenters. The molecule has 2 N–H and O–H groups in total. The Morgan fingerprint density at radius 2 is 1.56 bits per heavy atom. The number of carbonyl (C=O) groups excluding carboxylic acids is 3. The highest BCUT2D eigenvalue weighted by molar-refractivity contribution is 8.00. The topological polar surface area (TPSA) is 84.5 Å². The van der Waals surface area contributed by atoms with Crippen LogP contribution in [-0.2, 0) is 22.4 Å². The van der Waals surface area contributed by atoms with E-state index in [1.165, 1.54) is 28.7 Å². The Labute approximate surface area is 299 Å². The van der Waals surface area contributed by atoms with E-state index in [2.05, 4.69) is 34.9 Å². The van der Waals surface area contributed by atoms with Crippen molar-refractivity contribution in [3.63, 3.8) is 0 Å². The van der Waals surface area contributed by atoms with E-state index in [1.54, 1.807) is 6.92 Å². The zero-order valence-electron chi connectivity index (χ0n) is 27.6. The molecule has 1 heterocycles. The van der Waals surface area contributed by atoms with Gasteiger partial charge in [-0.1, -0.05) is 97.1 Å². The van der Waals surface area contributed by atoms with E-state index in [-0.39, 0.29) is 18.4 Å². The summed E-state index contributed by atoms with van der Waals surface area (Å²) in [7, 11) is 0. The first-order valence-electron chi connectivity index (χ1n) is 16.8. The quantitative estimate of drug-likeness (QED) is 0.110. The minimum Gasteiger partial charge on any atom is -0.462 e. The highest BCUT2D eigenvalue weighted by Gasteiger charge is 2.32. The highest BCUT2D eigenvalue weighted by atomic mass is 32.2. The van der Waals surface area contributed by atoms with Crippen molar-refractivity contribution in [2.24, 2.45) is 0 Å². The fourth-order valence-corrected chi connectivity index (χ4v) is 8.90. The molecule has 0 aliphatic heterocycles. The van der Waals surface area contributed by atoms with E-state index in [1.807, 2.05) is 103 Å². The van der Waals surface area contributed by atoms with E-state index < -0.39 is 11.2 Å². The molecule has 1 aliphatic rings. The second kappa shape index (κ2) is 15.2. The van der Waals surface area contributed by atoms with Gasteiger partial charge in [-0.3, -0.25) is 9.59 Å². The Balaban J connectivity index is 1.14. The smallest absolute Gasteiger partial charge is 0.341 e. The van der Waals surface area contributed by atoms with Gasteiger partial charge in [-0.05, 0) is 89.9 Å². The summed E-state index contributed by atoms with van der Waals surface area (Å²) in [5.41, 5.74) is 4.75. The fourth-order valence-electron chi connectivity index (χ4n) is 6.50. The summed E-state index contributed by atoms with van der Waals surface area (Å²) in [5.74, 6) is -0.506. The highest BCUT2D eigenvalue weighted by Crippen LogP contribution is 2.44. The van der Waals surface area contributed by atoms with Crippen LogP contribution in [0.3, 0.4) is 0 Å². The van der Waals surface area contributed by atoms with Crippen LogP contribution in [0.2, 0.25) is 0 Å². The summed E-state index contributed by atoms with van der Waals surface area (Å²) in [4.78, 5) is 42.8. The van der Waals surface area contributed by atoms with Gasteiger partial charge in [0.25, 0.3) is 5.91 Å². The van der Waals surface area contributed by atoms with Gasteiger partial charge >= 0.3 is 5.97 Å². The lowest BCUT2D eigenvalue weighted by Crippen LogP contribution is -2.20. The maximum atomic E-state index is 14.3. The number of benzene rings is 5. The zero-order valence-corrected chi connectivity index (χ0v) is 29.2. The monoisotopic (exact) mass is 696 g/mol. The first-order valence-corrected chi connectivity index (χ1v) is 18.5. The Morgan fingerprint density at radius 3 is 2.34 bits per heavy atom. The van der Waals surface area contributed by atoms with Crippen molar-refractivity contribution >= 4 is 62.3 Å². The van der Waals surface area contributed by atoms with Crippen LogP contribution < -0.4 is 10.6 Å². The number of carbonyl (C=O) groups is 3. The molecule has 250 valence electrons. The molecule has 2 amide bonds. The van der Waals surface area contributed by atoms with E-state index in [4.69, 9.17) is 4.74 Å². The summed E-state index contributed by atoms with van der Waals surface area (Å²) in [5, 5.41) is 8.14. The Kier molecular flexibility index (Phi) is 10.1. The van der Waals surface area contributed by atoms with Crippen molar-refractivity contribution in [3.05, 3.63) is 160 Å². The van der Waals surface area contributed by atoms with Gasteiger partial charge in [0.05, 0.1) is 12.2 Å². The predicted octanol–water partition coefficient (Wildman–Crippen LogP) is 10.1. The molecule has 1 aliphatic carbocycles. The van der Waals surface area contributed by atoms with E-state index in [0.29, 0.717) is 27.7 Å². The molecule has 2 atom stereocenters. The normalized spacial score (nSPS) is 14.4. The molecule has 8 heteroatoms. The first kappa shape index (κ1) is 33.3. The number of hydrogen-bond donors (Lipinski definition) is 2. The summed E-state index contributed by atoms with van der Waals surface area (Å²) < 4.78 is 5.50. The number of esters is 1. The lowest BCUT2D eigenvalue weighted by Gasteiger charge is -2.23. The van der Waals surface area contributed by atoms with Crippen LogP contribution in [-0.4, -0.2) is 24.4 Å². The Hall–Kier alpha value is -5.18. The third-order valence-electron chi connectivity index (χ3n) is 8.95. The maximum absolute atomic E-state index is 14.3. The standard InChI is InChI=1S/C42H36N2O4S2/c1-2-48-42(47)37-35-23-22-31(27-12-5-3-6-13-27)25-36(35)50-41(37)44-40(46)38(29-15-7-4-8-16-29)49-34-19-11-18-33(26-34)43-39(45)32-21-20-28-14-9-10-17-30(28)24-32/h3-21,24,26,31,38H,2,22-23,25H2,1H3,(H,43,45)(H,44,46). The van der Waals surface area contributed by atoms with Crippen molar-refractivity contribution < 1.29 is 19.1 Å². The van der Waals surface area contributed by atoms with Gasteiger partial charge in [0.1, 0.15) is 10.3 Å². The van der Waals surface area contributed by atoms with Gasteiger partial charge in [-0.2, -0.15) is 0 Å². The molecular weight excluding hydrogens is 661 g/mol. The number of thioether (sulfide) groups is 1. The molecule has 0 spiro atoms. The van der Waals surface area contributed by atoms with E-state index in [0.717, 1.165) is 50.9 Å². The molecule has 0 radical (unpaired) electrons. The van der Waals surface area contributed by atoms with Gasteiger partial charge in [0.2, 0.25) is 5.91 Å². The SMILES string of the molecule is CCOC(=O)c1c(NC(=O)C(Sc2cccc(NC(=O)c3ccc4ccccc4c3)c2)c2ccccc2)sc2c1CCC(c1ccccc1)C2. The molecule has 50 heavy (non-hydrogen) atoms. The number of ether oxygens (including phenoxy) is 1. The first-order chi connectivity index (χ1) is 24.5. The van der Waals surface area contributed by atoms with Crippen molar-refractivity contribution in [1.82, 2.24) is 0 Å². The minimum atomic E-state index is -0.631. The van der Waals surface area contributed by atoms with Crippen LogP contribution in [0.1, 0.15) is 66.8 Å². The molecule has 6 nitrogen and oxygen atoms in total. The molecule has 0 bridgehead atoms. The van der Waals surface area contributed by atoms with Crippen LogP contribution in [0.15, 0.2) is 132 Å². The van der Waals surface area contributed by atoms with Crippen LogP contribution in [0.4, 0.5) is 10.7 Å². The van der Waals surface area contributed by atoms with E-state index in [9.17, 15) is 14.4 Å². The van der Waals surface area contributed by atoms with Crippen LogP contribution in [0.25, 0.3) is 10.8 Å². The lowest BCUT2D eigenvalue weighted by molar-refractivity contribution is -0.115. The largest absolute Gasteiger partial charge is 0.462 e. The Bertz CT molecular complexity index is 2160. The average Bonchev–Trinajstić information content (AvgIpc) is 3.51. The molecule has 1 aromatic heterocycles. The lowest BCUT2D eigenvalue weighted by atomic mass is 9.83. The zero-order chi connectivity index (χ0) is 34.5. The number of hydrogen-bond acceptors (Lipinski definition) is 6. The molecule has 0 fully saturated rings. The van der Waals surface area contributed by atoms with Gasteiger partial charge < -0.3 is 15.4 Å². The van der Waals surface area contributed by atoms with E-state index >= 15 is 0 Å².